The molecule has 1 aliphatic carbocycles. The molecule has 0 spiro atoms. The van der Waals surface area contributed by atoms with Gasteiger partial charge in [-0.1, -0.05) is 25.1 Å². The molecule has 1 aromatic carbocycles. The fourth-order valence-corrected chi connectivity index (χ4v) is 4.19. The Morgan fingerprint density at radius 2 is 2.16 bits per heavy atom. The molecule has 0 amide bonds. The summed E-state index contributed by atoms with van der Waals surface area (Å²) in [5.41, 5.74) is 1.55. The number of fused-ring (bicyclic) bond motifs is 1. The fraction of sp³-hybridized carbons (Fsp3) is 0.625. The summed E-state index contributed by atoms with van der Waals surface area (Å²) in [6.45, 7) is 6.96. The molecule has 1 saturated carbocycles. The second-order valence-corrected chi connectivity index (χ2v) is 6.67. The Bertz CT molecular complexity index is 417. The Balaban J connectivity index is 1.41. The molecule has 2 nitrogen and oxygen atoms in total. The van der Waals surface area contributed by atoms with Crippen LogP contribution in [0.25, 0.3) is 0 Å². The maximum Gasteiger partial charge on any atom is 0.0110 e. The molecule has 3 heteroatoms. The van der Waals surface area contributed by atoms with Crippen molar-refractivity contribution >= 4 is 11.8 Å². The van der Waals surface area contributed by atoms with E-state index in [0.717, 1.165) is 19.1 Å². The van der Waals surface area contributed by atoms with Crippen molar-refractivity contribution in [2.75, 3.05) is 31.9 Å². The first-order valence-corrected chi connectivity index (χ1v) is 8.53. The average Bonchev–Trinajstić information content (AvgIpc) is 3.20. The lowest BCUT2D eigenvalue weighted by atomic mass is 10.0. The second kappa shape index (κ2) is 6.29. The Kier molecular flexibility index (Phi) is 4.46. The molecular formula is C16H24N2S. The van der Waals surface area contributed by atoms with Crippen molar-refractivity contribution in [1.82, 2.24) is 10.2 Å². The molecule has 1 heterocycles. The van der Waals surface area contributed by atoms with Gasteiger partial charge in [-0.2, -0.15) is 0 Å². The number of hydrogen-bond donors (Lipinski definition) is 1. The molecule has 2 aliphatic rings. The minimum absolute atomic E-state index is 0.706. The minimum Gasteiger partial charge on any atom is -0.315 e. The predicted molar refractivity (Wildman–Crippen MR) is 83.0 cm³/mol. The molecule has 1 aliphatic heterocycles. The summed E-state index contributed by atoms with van der Waals surface area (Å²) >= 11 is 2.01. The molecule has 1 atom stereocenters. The number of nitrogens with zero attached hydrogens (tertiary/aromatic N) is 1. The van der Waals surface area contributed by atoms with Gasteiger partial charge < -0.3 is 5.32 Å². The van der Waals surface area contributed by atoms with Crippen LogP contribution in [0.3, 0.4) is 0 Å². The van der Waals surface area contributed by atoms with E-state index in [-0.39, 0.29) is 0 Å². The van der Waals surface area contributed by atoms with Gasteiger partial charge in [-0.05, 0) is 31.0 Å². The van der Waals surface area contributed by atoms with Gasteiger partial charge in [-0.3, -0.25) is 4.90 Å². The van der Waals surface area contributed by atoms with Gasteiger partial charge in [0, 0.05) is 42.2 Å². The maximum atomic E-state index is 3.66. The summed E-state index contributed by atoms with van der Waals surface area (Å²) in [7, 11) is 0. The standard InChI is InChI=1S/C16H24N2S/c1-2-18(14-7-8-14)10-9-17-11-13-12-19-16-6-4-3-5-15(13)16/h3-6,13-14,17H,2,7-12H2,1H3. The van der Waals surface area contributed by atoms with Crippen LogP contribution >= 0.6 is 11.8 Å². The van der Waals surface area contributed by atoms with Crippen LogP contribution in [0, 0.1) is 0 Å². The lowest BCUT2D eigenvalue weighted by Gasteiger charge is -2.20. The predicted octanol–water partition coefficient (Wildman–Crippen LogP) is 2.95. The summed E-state index contributed by atoms with van der Waals surface area (Å²) < 4.78 is 0. The van der Waals surface area contributed by atoms with Gasteiger partial charge in [0.2, 0.25) is 0 Å². The van der Waals surface area contributed by atoms with E-state index in [1.807, 2.05) is 11.8 Å². The van der Waals surface area contributed by atoms with Crippen LogP contribution in [0.15, 0.2) is 29.2 Å². The monoisotopic (exact) mass is 276 g/mol. The molecule has 1 N–H and O–H groups in total. The lowest BCUT2D eigenvalue weighted by molar-refractivity contribution is 0.276. The van der Waals surface area contributed by atoms with Gasteiger partial charge in [0.05, 0.1) is 0 Å². The SMILES string of the molecule is CCN(CCNCC1CSc2ccccc21)C1CC1. The maximum absolute atomic E-state index is 3.66. The summed E-state index contributed by atoms with van der Waals surface area (Å²) in [6.07, 6.45) is 2.83. The quantitative estimate of drug-likeness (QED) is 0.771. The Morgan fingerprint density at radius 1 is 1.32 bits per heavy atom. The Morgan fingerprint density at radius 3 is 2.95 bits per heavy atom. The van der Waals surface area contributed by atoms with E-state index in [1.165, 1.54) is 36.6 Å². The van der Waals surface area contributed by atoms with Crippen molar-refractivity contribution in [3.05, 3.63) is 29.8 Å². The molecule has 1 fully saturated rings. The molecule has 0 radical (unpaired) electrons. The van der Waals surface area contributed by atoms with Crippen LogP contribution in [-0.4, -0.2) is 42.9 Å². The highest BCUT2D eigenvalue weighted by Crippen LogP contribution is 2.38. The van der Waals surface area contributed by atoms with E-state index in [2.05, 4.69) is 41.4 Å². The van der Waals surface area contributed by atoms with Crippen molar-refractivity contribution in [3.8, 4) is 0 Å². The molecule has 3 rings (SSSR count). The van der Waals surface area contributed by atoms with Gasteiger partial charge in [-0.15, -0.1) is 11.8 Å². The molecular weight excluding hydrogens is 252 g/mol. The number of likely N-dealkylation sites (N-methyl/N-ethyl adjacent to an activating group) is 1. The van der Waals surface area contributed by atoms with Gasteiger partial charge >= 0.3 is 0 Å². The fourth-order valence-electron chi connectivity index (χ4n) is 2.94. The molecule has 1 aromatic rings. The van der Waals surface area contributed by atoms with Crippen molar-refractivity contribution in [2.45, 2.75) is 36.6 Å². The van der Waals surface area contributed by atoms with Crippen LogP contribution in [0.5, 0.6) is 0 Å². The normalized spacial score (nSPS) is 21.9. The van der Waals surface area contributed by atoms with Crippen LogP contribution in [-0.2, 0) is 0 Å². The zero-order chi connectivity index (χ0) is 13.1. The second-order valence-electron chi connectivity index (χ2n) is 5.61. The van der Waals surface area contributed by atoms with E-state index in [4.69, 9.17) is 0 Å². The number of benzene rings is 1. The topological polar surface area (TPSA) is 15.3 Å². The summed E-state index contributed by atoms with van der Waals surface area (Å²) in [6, 6.07) is 9.77. The van der Waals surface area contributed by atoms with Crippen molar-refractivity contribution in [1.29, 1.82) is 0 Å². The highest BCUT2D eigenvalue weighted by atomic mass is 32.2. The smallest absolute Gasteiger partial charge is 0.0110 e. The highest BCUT2D eigenvalue weighted by Gasteiger charge is 2.27. The van der Waals surface area contributed by atoms with Crippen LogP contribution in [0.4, 0.5) is 0 Å². The Labute approximate surface area is 121 Å². The summed E-state index contributed by atoms with van der Waals surface area (Å²) in [4.78, 5) is 4.10. The molecule has 0 saturated heterocycles. The van der Waals surface area contributed by atoms with Crippen LogP contribution in [0.1, 0.15) is 31.2 Å². The number of hydrogen-bond acceptors (Lipinski definition) is 3. The zero-order valence-corrected chi connectivity index (χ0v) is 12.6. The van der Waals surface area contributed by atoms with Crippen molar-refractivity contribution in [3.63, 3.8) is 0 Å². The third-order valence-corrected chi connectivity index (χ3v) is 5.49. The molecule has 0 aromatic heterocycles. The largest absolute Gasteiger partial charge is 0.315 e. The third-order valence-electron chi connectivity index (χ3n) is 4.23. The van der Waals surface area contributed by atoms with E-state index >= 15 is 0 Å². The first kappa shape index (κ1) is 13.5. The molecule has 19 heavy (non-hydrogen) atoms. The molecule has 1 unspecified atom stereocenters. The van der Waals surface area contributed by atoms with Gasteiger partial charge in [0.25, 0.3) is 0 Å². The number of rotatable bonds is 7. The van der Waals surface area contributed by atoms with E-state index in [0.29, 0.717) is 5.92 Å². The molecule has 104 valence electrons. The summed E-state index contributed by atoms with van der Waals surface area (Å²) in [5.74, 6) is 1.95. The van der Waals surface area contributed by atoms with Crippen LogP contribution in [0.2, 0.25) is 0 Å². The highest BCUT2D eigenvalue weighted by molar-refractivity contribution is 7.99. The summed E-state index contributed by atoms with van der Waals surface area (Å²) in [5, 5.41) is 3.66. The third kappa shape index (κ3) is 3.33. The molecule has 0 bridgehead atoms. The number of nitrogens with one attached hydrogen (secondary N) is 1. The average molecular weight is 276 g/mol. The van der Waals surface area contributed by atoms with Crippen LogP contribution < -0.4 is 5.32 Å². The number of thioether (sulfide) groups is 1. The minimum atomic E-state index is 0.706. The van der Waals surface area contributed by atoms with Gasteiger partial charge in [0.15, 0.2) is 0 Å². The van der Waals surface area contributed by atoms with Crippen molar-refractivity contribution < 1.29 is 0 Å². The van der Waals surface area contributed by atoms with E-state index in [9.17, 15) is 0 Å². The first-order chi connectivity index (χ1) is 9.38. The van der Waals surface area contributed by atoms with Gasteiger partial charge in [-0.25, -0.2) is 0 Å². The van der Waals surface area contributed by atoms with E-state index in [1.54, 1.807) is 5.56 Å². The Hall–Kier alpha value is -0.510. The zero-order valence-electron chi connectivity index (χ0n) is 11.8. The van der Waals surface area contributed by atoms with Crippen molar-refractivity contribution in [2.24, 2.45) is 0 Å². The van der Waals surface area contributed by atoms with Gasteiger partial charge in [0.1, 0.15) is 0 Å². The van der Waals surface area contributed by atoms with E-state index < -0.39 is 0 Å². The lowest BCUT2D eigenvalue weighted by Crippen LogP contribution is -2.35. The first-order valence-electron chi connectivity index (χ1n) is 7.55.